The Balaban J connectivity index is 2.12. The maximum atomic E-state index is 13.7. The van der Waals surface area contributed by atoms with Crippen molar-refractivity contribution in [2.24, 2.45) is 0 Å². The maximum absolute atomic E-state index is 13.7. The van der Waals surface area contributed by atoms with Crippen molar-refractivity contribution in [3.63, 3.8) is 0 Å². The molecule has 0 bridgehead atoms. The van der Waals surface area contributed by atoms with Crippen molar-refractivity contribution in [3.8, 4) is 0 Å². The topological polar surface area (TPSA) is 12.0 Å². The van der Waals surface area contributed by atoms with Crippen LogP contribution in [0.25, 0.3) is 0 Å². The zero-order chi connectivity index (χ0) is 13.7. The summed E-state index contributed by atoms with van der Waals surface area (Å²) in [6, 6.07) is 13.6. The number of nitrogens with one attached hydrogen (secondary N) is 1. The van der Waals surface area contributed by atoms with Gasteiger partial charge in [0.05, 0.1) is 0 Å². The minimum atomic E-state index is -0.493. The minimum absolute atomic E-state index is 0.126. The average molecular weight is 261 g/mol. The molecule has 3 heteroatoms. The summed E-state index contributed by atoms with van der Waals surface area (Å²) in [6.45, 7) is 0. The summed E-state index contributed by atoms with van der Waals surface area (Å²) in [5.41, 5.74) is 1.29. The SMILES string of the molecule is CNC(CCc1ccccc1)c1c(F)cccc1F. The van der Waals surface area contributed by atoms with Crippen LogP contribution in [0.5, 0.6) is 0 Å². The largest absolute Gasteiger partial charge is 0.313 e. The summed E-state index contributed by atoms with van der Waals surface area (Å²) >= 11 is 0. The summed E-state index contributed by atoms with van der Waals surface area (Å²) in [5.74, 6) is -0.986. The lowest BCUT2D eigenvalue weighted by atomic mass is 9.98. The zero-order valence-corrected chi connectivity index (χ0v) is 10.9. The monoisotopic (exact) mass is 261 g/mol. The molecule has 0 aliphatic rings. The number of hydrogen-bond acceptors (Lipinski definition) is 1. The first-order chi connectivity index (χ1) is 9.22. The van der Waals surface area contributed by atoms with Gasteiger partial charge < -0.3 is 5.32 Å². The predicted molar refractivity (Wildman–Crippen MR) is 72.9 cm³/mol. The summed E-state index contributed by atoms with van der Waals surface area (Å²) in [7, 11) is 1.72. The zero-order valence-electron chi connectivity index (χ0n) is 10.9. The molecule has 0 aromatic heterocycles. The molecule has 1 nitrogen and oxygen atoms in total. The highest BCUT2D eigenvalue weighted by Gasteiger charge is 2.18. The lowest BCUT2D eigenvalue weighted by Crippen LogP contribution is -2.20. The number of benzene rings is 2. The number of halogens is 2. The second-order valence-corrected chi connectivity index (χ2v) is 4.50. The molecule has 0 radical (unpaired) electrons. The van der Waals surface area contributed by atoms with Crippen LogP contribution in [0.3, 0.4) is 0 Å². The van der Waals surface area contributed by atoms with Crippen molar-refractivity contribution >= 4 is 0 Å². The van der Waals surface area contributed by atoms with Gasteiger partial charge in [-0.3, -0.25) is 0 Å². The van der Waals surface area contributed by atoms with E-state index in [0.29, 0.717) is 6.42 Å². The van der Waals surface area contributed by atoms with Gasteiger partial charge in [-0.25, -0.2) is 8.78 Å². The van der Waals surface area contributed by atoms with Crippen LogP contribution in [0, 0.1) is 11.6 Å². The van der Waals surface area contributed by atoms with Crippen LogP contribution in [-0.4, -0.2) is 7.05 Å². The van der Waals surface area contributed by atoms with E-state index in [1.807, 2.05) is 30.3 Å². The van der Waals surface area contributed by atoms with E-state index in [1.54, 1.807) is 7.05 Å². The Bertz CT molecular complexity index is 505. The van der Waals surface area contributed by atoms with Crippen molar-refractivity contribution in [2.45, 2.75) is 18.9 Å². The third kappa shape index (κ3) is 3.38. The first-order valence-electron chi connectivity index (χ1n) is 6.37. The van der Waals surface area contributed by atoms with Crippen molar-refractivity contribution in [3.05, 3.63) is 71.3 Å². The van der Waals surface area contributed by atoms with Gasteiger partial charge in [-0.2, -0.15) is 0 Å². The lowest BCUT2D eigenvalue weighted by molar-refractivity contribution is 0.471. The summed E-state index contributed by atoms with van der Waals surface area (Å²) in [5, 5.41) is 2.99. The second-order valence-electron chi connectivity index (χ2n) is 4.50. The van der Waals surface area contributed by atoms with E-state index in [-0.39, 0.29) is 11.6 Å². The van der Waals surface area contributed by atoms with Crippen molar-refractivity contribution < 1.29 is 8.78 Å². The van der Waals surface area contributed by atoms with Crippen molar-refractivity contribution in [1.82, 2.24) is 5.32 Å². The molecule has 1 atom stereocenters. The van der Waals surface area contributed by atoms with Crippen molar-refractivity contribution in [2.75, 3.05) is 7.05 Å². The quantitative estimate of drug-likeness (QED) is 0.861. The predicted octanol–water partition coefficient (Wildman–Crippen LogP) is 3.86. The second kappa shape index (κ2) is 6.43. The van der Waals surface area contributed by atoms with Gasteiger partial charge in [0.25, 0.3) is 0 Å². The number of rotatable bonds is 5. The fraction of sp³-hybridized carbons (Fsp3) is 0.250. The molecule has 0 saturated heterocycles. The average Bonchev–Trinajstić information content (AvgIpc) is 2.43. The molecule has 0 aliphatic carbocycles. The van der Waals surface area contributed by atoms with E-state index in [1.165, 1.54) is 23.8 Å². The normalized spacial score (nSPS) is 12.4. The molecule has 0 fully saturated rings. The molecule has 0 saturated carbocycles. The lowest BCUT2D eigenvalue weighted by Gasteiger charge is -2.18. The Morgan fingerprint density at radius 1 is 0.947 bits per heavy atom. The molecule has 19 heavy (non-hydrogen) atoms. The maximum Gasteiger partial charge on any atom is 0.130 e. The molecule has 2 aromatic rings. The highest BCUT2D eigenvalue weighted by Crippen LogP contribution is 2.24. The molecule has 0 heterocycles. The minimum Gasteiger partial charge on any atom is -0.313 e. The van der Waals surface area contributed by atoms with Crippen LogP contribution in [0.4, 0.5) is 8.78 Å². The molecule has 1 N–H and O–H groups in total. The summed E-state index contributed by atoms with van der Waals surface area (Å²) in [4.78, 5) is 0. The van der Waals surface area contributed by atoms with Gasteiger partial charge in [0, 0.05) is 11.6 Å². The first kappa shape index (κ1) is 13.7. The van der Waals surface area contributed by atoms with Gasteiger partial charge >= 0.3 is 0 Å². The van der Waals surface area contributed by atoms with E-state index >= 15 is 0 Å². The Morgan fingerprint density at radius 3 is 2.16 bits per heavy atom. The van der Waals surface area contributed by atoms with E-state index < -0.39 is 11.6 Å². The van der Waals surface area contributed by atoms with Gasteiger partial charge in [0.2, 0.25) is 0 Å². The van der Waals surface area contributed by atoms with Crippen LogP contribution in [0.1, 0.15) is 23.6 Å². The Morgan fingerprint density at radius 2 is 1.58 bits per heavy atom. The molecule has 2 rings (SSSR count). The molecule has 2 aromatic carbocycles. The third-order valence-electron chi connectivity index (χ3n) is 3.26. The van der Waals surface area contributed by atoms with Gasteiger partial charge in [-0.1, -0.05) is 36.4 Å². The molecule has 0 aliphatic heterocycles. The third-order valence-corrected chi connectivity index (χ3v) is 3.26. The highest BCUT2D eigenvalue weighted by molar-refractivity contribution is 5.24. The van der Waals surface area contributed by atoms with Gasteiger partial charge in [-0.15, -0.1) is 0 Å². The van der Waals surface area contributed by atoms with E-state index in [4.69, 9.17) is 0 Å². The number of hydrogen-bond donors (Lipinski definition) is 1. The summed E-state index contributed by atoms with van der Waals surface area (Å²) < 4.78 is 27.5. The van der Waals surface area contributed by atoms with Crippen LogP contribution >= 0.6 is 0 Å². The Hall–Kier alpha value is -1.74. The van der Waals surface area contributed by atoms with Gasteiger partial charge in [-0.05, 0) is 37.6 Å². The molecule has 0 spiro atoms. The Kier molecular flexibility index (Phi) is 4.63. The molecular formula is C16H17F2N. The molecular weight excluding hydrogens is 244 g/mol. The molecule has 100 valence electrons. The van der Waals surface area contributed by atoms with E-state index in [9.17, 15) is 8.78 Å². The van der Waals surface area contributed by atoms with Gasteiger partial charge in [0.15, 0.2) is 0 Å². The highest BCUT2D eigenvalue weighted by atomic mass is 19.1. The Labute approximate surface area is 112 Å². The van der Waals surface area contributed by atoms with Gasteiger partial charge in [0.1, 0.15) is 11.6 Å². The smallest absolute Gasteiger partial charge is 0.130 e. The van der Waals surface area contributed by atoms with Crippen LogP contribution in [0.15, 0.2) is 48.5 Å². The molecule has 1 unspecified atom stereocenters. The standard InChI is InChI=1S/C16H17F2N/c1-19-15(11-10-12-6-3-2-4-7-12)16-13(17)8-5-9-14(16)18/h2-9,15,19H,10-11H2,1H3. The number of aryl methyl sites for hydroxylation is 1. The fourth-order valence-corrected chi connectivity index (χ4v) is 2.23. The first-order valence-corrected chi connectivity index (χ1v) is 6.37. The van der Waals surface area contributed by atoms with E-state index in [0.717, 1.165) is 6.42 Å². The molecule has 0 amide bonds. The van der Waals surface area contributed by atoms with Crippen LogP contribution in [-0.2, 0) is 6.42 Å². The summed E-state index contributed by atoms with van der Waals surface area (Å²) in [6.07, 6.45) is 1.43. The fourth-order valence-electron chi connectivity index (χ4n) is 2.23. The van der Waals surface area contributed by atoms with Crippen molar-refractivity contribution in [1.29, 1.82) is 0 Å². The van der Waals surface area contributed by atoms with Crippen LogP contribution < -0.4 is 5.32 Å². The van der Waals surface area contributed by atoms with Crippen LogP contribution in [0.2, 0.25) is 0 Å². The van der Waals surface area contributed by atoms with E-state index in [2.05, 4.69) is 5.32 Å².